The Hall–Kier alpha value is -2.01. The van der Waals surface area contributed by atoms with Crippen LogP contribution in [-0.2, 0) is 0 Å². The van der Waals surface area contributed by atoms with Crippen molar-refractivity contribution < 1.29 is 4.79 Å². The maximum absolute atomic E-state index is 10.8. The second-order valence-electron chi connectivity index (χ2n) is 4.19. The molecule has 2 aromatic rings. The highest BCUT2D eigenvalue weighted by atomic mass is 32.1. The first-order chi connectivity index (χ1) is 9.19. The van der Waals surface area contributed by atoms with Crippen molar-refractivity contribution in [3.05, 3.63) is 46.7 Å². The minimum absolute atomic E-state index is 0.281. The van der Waals surface area contributed by atoms with Crippen molar-refractivity contribution in [3.63, 3.8) is 0 Å². The lowest BCUT2D eigenvalue weighted by Gasteiger charge is -2.17. The van der Waals surface area contributed by atoms with E-state index in [4.69, 9.17) is 5.73 Å². The molecule has 100 valence electrons. The van der Waals surface area contributed by atoms with Gasteiger partial charge in [0.2, 0.25) is 0 Å². The molecule has 0 aliphatic rings. The number of amides is 2. The highest BCUT2D eigenvalue weighted by molar-refractivity contribution is 7.10. The van der Waals surface area contributed by atoms with Crippen LogP contribution in [0.2, 0.25) is 0 Å². The van der Waals surface area contributed by atoms with Crippen LogP contribution in [-0.4, -0.2) is 6.03 Å². The van der Waals surface area contributed by atoms with E-state index in [2.05, 4.69) is 35.1 Å². The molecule has 0 saturated heterocycles. The Labute approximate surface area is 116 Å². The van der Waals surface area contributed by atoms with Gasteiger partial charge >= 0.3 is 6.03 Å². The van der Waals surface area contributed by atoms with Gasteiger partial charge in [0.15, 0.2) is 0 Å². The van der Waals surface area contributed by atoms with Gasteiger partial charge < -0.3 is 16.4 Å². The third-order valence-electron chi connectivity index (χ3n) is 2.77. The van der Waals surface area contributed by atoms with Crippen LogP contribution in [0.5, 0.6) is 0 Å². The molecule has 0 saturated carbocycles. The number of carbonyl (C=O) groups is 1. The highest BCUT2D eigenvalue weighted by Crippen LogP contribution is 2.27. The largest absolute Gasteiger partial charge is 0.377 e. The fourth-order valence-electron chi connectivity index (χ4n) is 1.89. The van der Waals surface area contributed by atoms with E-state index in [9.17, 15) is 4.79 Å². The summed E-state index contributed by atoms with van der Waals surface area (Å²) in [6.45, 7) is 2.14. The van der Waals surface area contributed by atoms with Gasteiger partial charge in [-0.25, -0.2) is 4.79 Å². The third-order valence-corrected chi connectivity index (χ3v) is 3.75. The predicted octanol–water partition coefficient (Wildman–Crippen LogP) is 3.80. The van der Waals surface area contributed by atoms with Gasteiger partial charge in [-0.1, -0.05) is 19.1 Å². The molecule has 0 aliphatic heterocycles. The van der Waals surface area contributed by atoms with E-state index in [-0.39, 0.29) is 6.04 Å². The summed E-state index contributed by atoms with van der Waals surface area (Å²) < 4.78 is 0. The summed E-state index contributed by atoms with van der Waals surface area (Å²) in [5.41, 5.74) is 6.77. The monoisotopic (exact) mass is 275 g/mol. The van der Waals surface area contributed by atoms with Crippen LogP contribution in [0.4, 0.5) is 16.2 Å². The summed E-state index contributed by atoms with van der Waals surface area (Å²) in [5.74, 6) is 0. The number of nitrogens with one attached hydrogen (secondary N) is 2. The second-order valence-corrected chi connectivity index (χ2v) is 5.17. The van der Waals surface area contributed by atoms with Crippen molar-refractivity contribution in [3.8, 4) is 0 Å². The van der Waals surface area contributed by atoms with Gasteiger partial charge in [0.1, 0.15) is 0 Å². The highest BCUT2D eigenvalue weighted by Gasteiger charge is 2.10. The molecule has 0 fully saturated rings. The molecule has 0 aliphatic carbocycles. The molecule has 19 heavy (non-hydrogen) atoms. The first-order valence-electron chi connectivity index (χ1n) is 6.15. The quantitative estimate of drug-likeness (QED) is 0.777. The van der Waals surface area contributed by atoms with Crippen LogP contribution in [0.15, 0.2) is 41.8 Å². The second kappa shape index (κ2) is 6.24. The Morgan fingerprint density at radius 2 is 2.11 bits per heavy atom. The first kappa shape index (κ1) is 13.4. The fraction of sp³-hybridized carbons (Fsp3) is 0.214. The van der Waals surface area contributed by atoms with Gasteiger partial charge in [0, 0.05) is 16.3 Å². The molecule has 1 heterocycles. The molecule has 1 aromatic carbocycles. The topological polar surface area (TPSA) is 67.2 Å². The Balaban J connectivity index is 2.11. The number of urea groups is 1. The molecular formula is C14H17N3OS. The van der Waals surface area contributed by atoms with Crippen LogP contribution >= 0.6 is 11.3 Å². The van der Waals surface area contributed by atoms with Crippen LogP contribution in [0.25, 0.3) is 0 Å². The van der Waals surface area contributed by atoms with E-state index < -0.39 is 6.03 Å². The molecule has 0 bridgehead atoms. The van der Waals surface area contributed by atoms with Crippen LogP contribution in [0.3, 0.4) is 0 Å². The van der Waals surface area contributed by atoms with E-state index in [1.54, 1.807) is 11.3 Å². The number of hydrogen-bond acceptors (Lipinski definition) is 3. The molecule has 1 unspecified atom stereocenters. The zero-order valence-electron chi connectivity index (χ0n) is 10.7. The lowest BCUT2D eigenvalue weighted by atomic mass is 10.1. The van der Waals surface area contributed by atoms with E-state index in [0.717, 1.165) is 12.1 Å². The smallest absolute Gasteiger partial charge is 0.316 e. The van der Waals surface area contributed by atoms with Gasteiger partial charge in [-0.2, -0.15) is 0 Å². The Morgan fingerprint density at radius 1 is 1.32 bits per heavy atom. The van der Waals surface area contributed by atoms with Gasteiger partial charge in [-0.05, 0) is 36.1 Å². The maximum Gasteiger partial charge on any atom is 0.316 e. The minimum Gasteiger partial charge on any atom is -0.377 e. The summed E-state index contributed by atoms with van der Waals surface area (Å²) in [5, 5.41) is 8.11. The molecule has 0 radical (unpaired) electrons. The number of rotatable bonds is 5. The number of thiophene rings is 1. The van der Waals surface area contributed by atoms with Gasteiger partial charge in [-0.15, -0.1) is 11.3 Å². The first-order valence-corrected chi connectivity index (χ1v) is 7.03. The third kappa shape index (κ3) is 3.72. The van der Waals surface area contributed by atoms with Gasteiger partial charge in [-0.3, -0.25) is 0 Å². The van der Waals surface area contributed by atoms with Crippen LogP contribution < -0.4 is 16.4 Å². The minimum atomic E-state index is -0.553. The van der Waals surface area contributed by atoms with E-state index >= 15 is 0 Å². The average molecular weight is 275 g/mol. The number of primary amides is 1. The molecule has 5 heteroatoms. The lowest BCUT2D eigenvalue weighted by molar-refractivity contribution is 0.259. The van der Waals surface area contributed by atoms with Gasteiger partial charge in [0.25, 0.3) is 0 Å². The normalized spacial score (nSPS) is 11.8. The van der Waals surface area contributed by atoms with Crippen molar-refractivity contribution in [1.82, 2.24) is 0 Å². The lowest BCUT2D eigenvalue weighted by Crippen LogP contribution is -2.19. The zero-order valence-corrected chi connectivity index (χ0v) is 11.5. The van der Waals surface area contributed by atoms with Crippen LogP contribution in [0, 0.1) is 0 Å². The fourth-order valence-corrected chi connectivity index (χ4v) is 2.76. The molecule has 2 rings (SSSR count). The molecule has 0 spiro atoms. The number of nitrogens with two attached hydrogens (primary N) is 1. The predicted molar refractivity (Wildman–Crippen MR) is 80.6 cm³/mol. The number of carbonyl (C=O) groups excluding carboxylic acids is 1. The summed E-state index contributed by atoms with van der Waals surface area (Å²) >= 11 is 1.74. The van der Waals surface area contributed by atoms with E-state index in [0.29, 0.717) is 5.69 Å². The van der Waals surface area contributed by atoms with Crippen molar-refractivity contribution in [1.29, 1.82) is 0 Å². The Bertz CT molecular complexity index is 539. The zero-order chi connectivity index (χ0) is 13.7. The number of anilines is 2. The van der Waals surface area contributed by atoms with E-state index in [1.807, 2.05) is 24.3 Å². The molecule has 1 atom stereocenters. The van der Waals surface area contributed by atoms with Gasteiger partial charge in [0.05, 0.1) is 6.04 Å². The molecule has 1 aromatic heterocycles. The summed E-state index contributed by atoms with van der Waals surface area (Å²) in [6.07, 6.45) is 0.994. The van der Waals surface area contributed by atoms with Crippen molar-refractivity contribution in [2.45, 2.75) is 19.4 Å². The molecule has 2 amide bonds. The number of benzene rings is 1. The Kier molecular flexibility index (Phi) is 4.41. The number of hydrogen-bond donors (Lipinski definition) is 3. The Morgan fingerprint density at radius 3 is 2.74 bits per heavy atom. The summed E-state index contributed by atoms with van der Waals surface area (Å²) in [6, 6.07) is 11.4. The maximum atomic E-state index is 10.8. The van der Waals surface area contributed by atoms with E-state index in [1.165, 1.54) is 4.88 Å². The standard InChI is InChI=1S/C14H17N3OS/c1-2-12(13-7-4-8-19-13)16-10-5-3-6-11(9-10)17-14(15)18/h3-9,12,16H,2H2,1H3,(H3,15,17,18). The molecule has 4 nitrogen and oxygen atoms in total. The van der Waals surface area contributed by atoms with Crippen molar-refractivity contribution in [2.24, 2.45) is 5.73 Å². The molecular weight excluding hydrogens is 258 g/mol. The average Bonchev–Trinajstić information content (AvgIpc) is 2.89. The van der Waals surface area contributed by atoms with Crippen LogP contribution in [0.1, 0.15) is 24.3 Å². The SMILES string of the molecule is CCC(Nc1cccc(NC(N)=O)c1)c1cccs1. The summed E-state index contributed by atoms with van der Waals surface area (Å²) in [4.78, 5) is 12.1. The van der Waals surface area contributed by atoms with Crippen molar-refractivity contribution >= 4 is 28.7 Å². The van der Waals surface area contributed by atoms with Crippen molar-refractivity contribution in [2.75, 3.05) is 10.6 Å². The summed E-state index contributed by atoms with van der Waals surface area (Å²) in [7, 11) is 0. The molecule has 4 N–H and O–H groups in total.